The fraction of sp³-hybridized carbons (Fsp3) is 1.00. The van der Waals surface area contributed by atoms with Crippen molar-refractivity contribution >= 4 is 0 Å². The lowest BCUT2D eigenvalue weighted by molar-refractivity contribution is -0.408. The molecule has 0 radical (unpaired) electrons. The van der Waals surface area contributed by atoms with Crippen LogP contribution in [0.4, 0.5) is 13.2 Å². The van der Waals surface area contributed by atoms with Crippen LogP contribution in [0, 0.1) is 0 Å². The maximum Gasteiger partial charge on any atom is 0.448 e. The van der Waals surface area contributed by atoms with Crippen LogP contribution >= 0.6 is 0 Å². The van der Waals surface area contributed by atoms with Gasteiger partial charge in [-0.05, 0) is 0 Å². The lowest BCUT2D eigenvalue weighted by atomic mass is 10.3. The molecule has 0 spiro atoms. The van der Waals surface area contributed by atoms with Gasteiger partial charge in [0.15, 0.2) is 0 Å². The third-order valence-corrected chi connectivity index (χ3v) is 0.777. The van der Waals surface area contributed by atoms with E-state index in [1.165, 1.54) is 0 Å². The van der Waals surface area contributed by atoms with Crippen molar-refractivity contribution < 1.29 is 33.6 Å². The summed E-state index contributed by atoms with van der Waals surface area (Å²) in [6.45, 7) is 0. The summed E-state index contributed by atoms with van der Waals surface area (Å²) >= 11 is 0. The second-order valence-corrected chi connectivity index (χ2v) is 1.60. The number of hydrogen-bond donors (Lipinski definition) is 4. The first kappa shape index (κ1) is 9.63. The van der Waals surface area contributed by atoms with Crippen molar-refractivity contribution in [3.05, 3.63) is 0 Å². The summed E-state index contributed by atoms with van der Waals surface area (Å²) in [4.78, 5) is 0. The molecule has 0 amide bonds. The molecule has 0 unspecified atom stereocenters. The number of aliphatic hydroxyl groups is 4. The van der Waals surface area contributed by atoms with Gasteiger partial charge in [-0.1, -0.05) is 0 Å². The van der Waals surface area contributed by atoms with Gasteiger partial charge in [-0.2, -0.15) is 13.2 Å². The highest BCUT2D eigenvalue weighted by atomic mass is 19.4. The minimum atomic E-state index is -5.47. The van der Waals surface area contributed by atoms with Crippen LogP contribution in [0.15, 0.2) is 0 Å². The monoisotopic (exact) mass is 162 g/mol. The van der Waals surface area contributed by atoms with Crippen LogP contribution in [-0.2, 0) is 0 Å². The highest BCUT2D eigenvalue weighted by Crippen LogP contribution is 2.29. The molecule has 0 fully saturated rings. The Morgan fingerprint density at radius 2 is 1.30 bits per heavy atom. The van der Waals surface area contributed by atoms with Crippen molar-refractivity contribution in [3.8, 4) is 0 Å². The molecule has 0 heterocycles. The van der Waals surface area contributed by atoms with E-state index < -0.39 is 18.3 Å². The molecule has 0 saturated heterocycles. The minimum absolute atomic E-state index is 3.26. The lowest BCUT2D eigenvalue weighted by Crippen LogP contribution is -2.54. The van der Waals surface area contributed by atoms with E-state index in [9.17, 15) is 13.2 Å². The number of halogens is 3. The molecule has 0 aliphatic rings. The van der Waals surface area contributed by atoms with Gasteiger partial charge in [0.2, 0.25) is 6.29 Å². The van der Waals surface area contributed by atoms with E-state index in [0.29, 0.717) is 0 Å². The molecule has 0 rings (SSSR count). The average molecular weight is 162 g/mol. The van der Waals surface area contributed by atoms with Crippen LogP contribution in [0.1, 0.15) is 0 Å². The predicted octanol–water partition coefficient (Wildman–Crippen LogP) is -1.46. The minimum Gasteiger partial charge on any atom is -0.364 e. The molecule has 0 aromatic heterocycles. The van der Waals surface area contributed by atoms with Gasteiger partial charge >= 0.3 is 12.0 Å². The molecular weight excluding hydrogens is 157 g/mol. The van der Waals surface area contributed by atoms with Gasteiger partial charge in [0.25, 0.3) is 0 Å². The molecule has 0 bridgehead atoms. The summed E-state index contributed by atoms with van der Waals surface area (Å²) in [5.41, 5.74) is 0. The zero-order chi connectivity index (χ0) is 8.58. The first-order valence-electron chi connectivity index (χ1n) is 2.07. The second kappa shape index (κ2) is 2.35. The molecule has 0 atom stereocenters. The Hall–Kier alpha value is -0.370. The van der Waals surface area contributed by atoms with E-state index in [2.05, 4.69) is 0 Å². The Bertz CT molecular complexity index is 117. The zero-order valence-corrected chi connectivity index (χ0v) is 4.50. The predicted molar refractivity (Wildman–Crippen MR) is 21.4 cm³/mol. The highest BCUT2D eigenvalue weighted by Gasteiger charge is 2.57. The van der Waals surface area contributed by atoms with E-state index >= 15 is 0 Å². The Kier molecular flexibility index (Phi) is 2.26. The summed E-state index contributed by atoms with van der Waals surface area (Å²) in [5.74, 6) is -4.45. The molecule has 10 heavy (non-hydrogen) atoms. The van der Waals surface area contributed by atoms with Crippen molar-refractivity contribution in [1.82, 2.24) is 0 Å². The van der Waals surface area contributed by atoms with E-state index in [4.69, 9.17) is 20.4 Å². The Balaban J connectivity index is 4.40. The molecule has 0 aliphatic carbocycles. The molecule has 7 heteroatoms. The van der Waals surface area contributed by atoms with E-state index in [1.807, 2.05) is 0 Å². The molecular formula is C3H5F3O4. The van der Waals surface area contributed by atoms with E-state index in [0.717, 1.165) is 0 Å². The van der Waals surface area contributed by atoms with Gasteiger partial charge in [-0.15, -0.1) is 0 Å². The van der Waals surface area contributed by atoms with E-state index in [1.54, 1.807) is 0 Å². The summed E-state index contributed by atoms with van der Waals surface area (Å²) in [6, 6.07) is 0. The van der Waals surface area contributed by atoms with Gasteiger partial charge in [0.05, 0.1) is 0 Å². The third-order valence-electron chi connectivity index (χ3n) is 0.777. The standard InChI is InChI=1S/C3H5F3O4/c4-3(5,6)2(9,10)1(7)8/h1,7-10H. The van der Waals surface area contributed by atoms with Crippen molar-refractivity contribution in [2.24, 2.45) is 0 Å². The lowest BCUT2D eigenvalue weighted by Gasteiger charge is -2.25. The van der Waals surface area contributed by atoms with Gasteiger partial charge in [0, 0.05) is 0 Å². The smallest absolute Gasteiger partial charge is 0.364 e. The topological polar surface area (TPSA) is 80.9 Å². The first-order chi connectivity index (χ1) is 4.19. The maximum absolute atomic E-state index is 11.3. The van der Waals surface area contributed by atoms with Crippen molar-refractivity contribution in [1.29, 1.82) is 0 Å². The normalized spacial score (nSPS) is 14.4. The summed E-state index contributed by atoms with van der Waals surface area (Å²) < 4.78 is 33.8. The maximum atomic E-state index is 11.3. The summed E-state index contributed by atoms with van der Waals surface area (Å²) in [6.07, 6.45) is -8.73. The molecule has 0 aromatic rings. The first-order valence-corrected chi connectivity index (χ1v) is 2.07. The van der Waals surface area contributed by atoms with Crippen molar-refractivity contribution in [2.75, 3.05) is 0 Å². The third kappa shape index (κ3) is 1.57. The number of hydrogen-bond acceptors (Lipinski definition) is 4. The quantitative estimate of drug-likeness (QED) is 0.355. The molecule has 0 saturated carbocycles. The Labute approximate surface area is 53.1 Å². The van der Waals surface area contributed by atoms with Gasteiger partial charge < -0.3 is 20.4 Å². The highest BCUT2D eigenvalue weighted by molar-refractivity contribution is 4.75. The second-order valence-electron chi connectivity index (χ2n) is 1.60. The van der Waals surface area contributed by atoms with Crippen molar-refractivity contribution in [2.45, 2.75) is 18.3 Å². The number of alkyl halides is 3. The van der Waals surface area contributed by atoms with Crippen LogP contribution < -0.4 is 0 Å². The molecule has 4 nitrogen and oxygen atoms in total. The SMILES string of the molecule is OC(O)C(O)(O)C(F)(F)F. The Morgan fingerprint density at radius 3 is 1.30 bits per heavy atom. The van der Waals surface area contributed by atoms with Gasteiger partial charge in [-0.3, -0.25) is 0 Å². The average Bonchev–Trinajstić information content (AvgIpc) is 1.62. The number of rotatable bonds is 1. The van der Waals surface area contributed by atoms with E-state index in [-0.39, 0.29) is 0 Å². The van der Waals surface area contributed by atoms with Crippen LogP contribution in [0.5, 0.6) is 0 Å². The van der Waals surface area contributed by atoms with Crippen molar-refractivity contribution in [3.63, 3.8) is 0 Å². The molecule has 0 aliphatic heterocycles. The van der Waals surface area contributed by atoms with Crippen LogP contribution in [0.3, 0.4) is 0 Å². The molecule has 62 valence electrons. The fourth-order valence-electron chi connectivity index (χ4n) is 0.146. The van der Waals surface area contributed by atoms with Gasteiger partial charge in [0.1, 0.15) is 0 Å². The van der Waals surface area contributed by atoms with Crippen LogP contribution in [0.2, 0.25) is 0 Å². The summed E-state index contributed by atoms with van der Waals surface area (Å²) in [7, 11) is 0. The Morgan fingerprint density at radius 1 is 1.00 bits per heavy atom. The van der Waals surface area contributed by atoms with Crippen LogP contribution in [-0.4, -0.2) is 38.7 Å². The molecule has 0 aromatic carbocycles. The largest absolute Gasteiger partial charge is 0.448 e. The zero-order valence-electron chi connectivity index (χ0n) is 4.50. The number of aliphatic hydroxyl groups excluding tert-OH is 1. The van der Waals surface area contributed by atoms with Gasteiger partial charge in [-0.25, -0.2) is 0 Å². The summed E-state index contributed by atoms with van der Waals surface area (Å²) in [5, 5.41) is 31.2. The van der Waals surface area contributed by atoms with Crippen LogP contribution in [0.25, 0.3) is 0 Å². The fourth-order valence-corrected chi connectivity index (χ4v) is 0.146. The molecule has 4 N–H and O–H groups in total.